The van der Waals surface area contributed by atoms with Crippen LogP contribution in [0, 0.1) is 0 Å². The van der Waals surface area contributed by atoms with Gasteiger partial charge in [-0.2, -0.15) is 0 Å². The van der Waals surface area contributed by atoms with Gasteiger partial charge in [0.2, 0.25) is 5.91 Å². The molecular weight excluding hydrogens is 240 g/mol. The fourth-order valence-electron chi connectivity index (χ4n) is 1.96. The summed E-state index contributed by atoms with van der Waals surface area (Å²) in [5.41, 5.74) is 2.60. The second-order valence-corrected chi connectivity index (χ2v) is 4.26. The summed E-state index contributed by atoms with van der Waals surface area (Å²) in [7, 11) is 0. The fourth-order valence-corrected chi connectivity index (χ4v) is 2.03. The monoisotopic (exact) mass is 252 g/mol. The molecule has 0 aliphatic heterocycles. The lowest BCUT2D eigenvalue weighted by Crippen LogP contribution is -2.42. The molecule has 3 amide bonds. The molecule has 0 spiro atoms. The Morgan fingerprint density at radius 3 is 2.82 bits per heavy atom. The summed E-state index contributed by atoms with van der Waals surface area (Å²) < 4.78 is 0. The number of rotatable bonds is 3. The maximum absolute atomic E-state index is 11.3. The number of nitrogens with one attached hydrogen (secondary N) is 2. The van der Waals surface area contributed by atoms with Gasteiger partial charge >= 0.3 is 6.03 Å². The molecule has 0 saturated heterocycles. The summed E-state index contributed by atoms with van der Waals surface area (Å²) in [5, 5.41) is 4.80. The van der Waals surface area contributed by atoms with E-state index in [9.17, 15) is 9.59 Å². The number of benzene rings is 1. The van der Waals surface area contributed by atoms with Crippen molar-refractivity contribution in [2.24, 2.45) is 0 Å². The highest BCUT2D eigenvalue weighted by Gasteiger charge is 2.25. The number of carbonyl (C=O) groups excluding carboxylic acids is 2. The van der Waals surface area contributed by atoms with Gasteiger partial charge in [-0.1, -0.05) is 24.3 Å². The molecule has 1 unspecified atom stereocenters. The molecule has 0 saturated carbocycles. The molecule has 17 heavy (non-hydrogen) atoms. The normalized spacial score (nSPS) is 16.6. The van der Waals surface area contributed by atoms with Gasteiger partial charge in [-0.05, 0) is 17.5 Å². The second kappa shape index (κ2) is 5.19. The minimum atomic E-state index is -0.488. The molecule has 0 heterocycles. The smallest absolute Gasteiger partial charge is 0.321 e. The van der Waals surface area contributed by atoms with Crippen LogP contribution in [0.3, 0.4) is 0 Å². The molecule has 0 radical (unpaired) electrons. The summed E-state index contributed by atoms with van der Waals surface area (Å²) >= 11 is 5.27. The summed E-state index contributed by atoms with van der Waals surface area (Å²) in [5.74, 6) is -0.346. The molecule has 1 aliphatic carbocycles. The maximum atomic E-state index is 11.3. The third-order valence-electron chi connectivity index (χ3n) is 2.84. The highest BCUT2D eigenvalue weighted by Crippen LogP contribution is 2.33. The molecule has 1 aromatic rings. The van der Waals surface area contributed by atoms with E-state index in [-0.39, 0.29) is 5.88 Å². The predicted octanol–water partition coefficient (Wildman–Crippen LogP) is 1.39. The van der Waals surface area contributed by atoms with Crippen molar-refractivity contribution < 1.29 is 9.59 Å². The zero-order valence-corrected chi connectivity index (χ0v) is 9.96. The van der Waals surface area contributed by atoms with Crippen molar-refractivity contribution in [1.29, 1.82) is 0 Å². The van der Waals surface area contributed by atoms with E-state index in [1.54, 1.807) is 0 Å². The van der Waals surface area contributed by atoms with Crippen LogP contribution in [0.5, 0.6) is 0 Å². The van der Waals surface area contributed by atoms with Crippen LogP contribution in [0.2, 0.25) is 0 Å². The summed E-state index contributed by atoms with van der Waals surface area (Å²) in [6.07, 6.45) is 0.972. The molecule has 5 heteroatoms. The van der Waals surface area contributed by atoms with E-state index in [0.717, 1.165) is 6.42 Å². The highest BCUT2D eigenvalue weighted by atomic mass is 35.5. The van der Waals surface area contributed by atoms with Crippen LogP contribution < -0.4 is 10.6 Å². The number of urea groups is 1. The van der Waals surface area contributed by atoms with Gasteiger partial charge in [0, 0.05) is 12.5 Å². The van der Waals surface area contributed by atoms with Crippen molar-refractivity contribution in [3.8, 4) is 0 Å². The highest BCUT2D eigenvalue weighted by molar-refractivity contribution is 6.28. The number of imide groups is 1. The zero-order chi connectivity index (χ0) is 12.3. The lowest BCUT2D eigenvalue weighted by molar-refractivity contribution is -0.117. The van der Waals surface area contributed by atoms with Gasteiger partial charge in [0.15, 0.2) is 0 Å². The third-order valence-corrected chi connectivity index (χ3v) is 3.09. The Kier molecular flexibility index (Phi) is 3.64. The second-order valence-electron chi connectivity index (χ2n) is 3.99. The topological polar surface area (TPSA) is 58.2 Å². The molecule has 0 aromatic heterocycles. The number of hydrogen-bond donors (Lipinski definition) is 2. The number of hydrogen-bond acceptors (Lipinski definition) is 2. The van der Waals surface area contributed by atoms with Crippen molar-refractivity contribution in [3.63, 3.8) is 0 Å². The van der Waals surface area contributed by atoms with Gasteiger partial charge in [-0.25, -0.2) is 4.79 Å². The Morgan fingerprint density at radius 2 is 2.12 bits per heavy atom. The number of halogens is 1. The quantitative estimate of drug-likeness (QED) is 0.799. The Bertz CT molecular complexity index is 448. The molecular formula is C12H13ClN2O2. The lowest BCUT2D eigenvalue weighted by atomic mass is 9.78. The average Bonchev–Trinajstić information content (AvgIpc) is 2.30. The van der Waals surface area contributed by atoms with E-state index >= 15 is 0 Å². The van der Waals surface area contributed by atoms with Crippen molar-refractivity contribution >= 4 is 23.5 Å². The van der Waals surface area contributed by atoms with E-state index in [4.69, 9.17) is 11.6 Å². The van der Waals surface area contributed by atoms with Crippen LogP contribution in [0.25, 0.3) is 0 Å². The largest absolute Gasteiger partial charge is 0.337 e. The van der Waals surface area contributed by atoms with E-state index in [1.807, 2.05) is 12.1 Å². The number of alkyl halides is 1. The first-order chi connectivity index (χ1) is 8.20. The van der Waals surface area contributed by atoms with Crippen LogP contribution in [0.4, 0.5) is 4.79 Å². The van der Waals surface area contributed by atoms with Gasteiger partial charge in [0.25, 0.3) is 0 Å². The maximum Gasteiger partial charge on any atom is 0.321 e. The van der Waals surface area contributed by atoms with Gasteiger partial charge in [0.1, 0.15) is 5.88 Å². The average molecular weight is 253 g/mol. The predicted molar refractivity (Wildman–Crippen MR) is 65.1 cm³/mol. The Balaban J connectivity index is 1.78. The number of amides is 3. The number of fused-ring (bicyclic) bond motifs is 1. The first kappa shape index (κ1) is 11.9. The molecule has 2 N–H and O–H groups in total. The van der Waals surface area contributed by atoms with Crippen LogP contribution >= 0.6 is 11.6 Å². The first-order valence-electron chi connectivity index (χ1n) is 5.42. The van der Waals surface area contributed by atoms with E-state index in [2.05, 4.69) is 22.8 Å². The molecule has 0 bridgehead atoms. The molecule has 2 rings (SSSR count). The van der Waals surface area contributed by atoms with E-state index < -0.39 is 11.9 Å². The van der Waals surface area contributed by atoms with Crippen LogP contribution in [0.1, 0.15) is 17.0 Å². The first-order valence-corrected chi connectivity index (χ1v) is 5.95. The van der Waals surface area contributed by atoms with Crippen molar-refractivity contribution in [1.82, 2.24) is 10.6 Å². The summed E-state index contributed by atoms with van der Waals surface area (Å²) in [4.78, 5) is 22.1. The Hall–Kier alpha value is -1.55. The molecule has 1 aromatic carbocycles. The van der Waals surface area contributed by atoms with Crippen LogP contribution in [0.15, 0.2) is 24.3 Å². The molecule has 90 valence electrons. The van der Waals surface area contributed by atoms with Gasteiger partial charge < -0.3 is 5.32 Å². The Labute approximate surface area is 104 Å². The van der Waals surface area contributed by atoms with Gasteiger partial charge in [0.05, 0.1) is 0 Å². The number of carbonyl (C=O) groups is 2. The minimum absolute atomic E-state index is 0.209. The van der Waals surface area contributed by atoms with Crippen molar-refractivity contribution in [2.45, 2.75) is 12.3 Å². The van der Waals surface area contributed by atoms with Crippen molar-refractivity contribution in [2.75, 3.05) is 12.4 Å². The fraction of sp³-hybridized carbons (Fsp3) is 0.333. The summed E-state index contributed by atoms with van der Waals surface area (Å²) in [6, 6.07) is 7.66. The standard InChI is InChI=1S/C12H13ClN2O2/c13-6-11(16)15-12(17)14-7-9-5-8-3-1-2-4-10(8)9/h1-4,9H,5-7H2,(H2,14,15,16,17). The van der Waals surface area contributed by atoms with Crippen LogP contribution in [-0.4, -0.2) is 24.4 Å². The third kappa shape index (κ3) is 2.77. The van der Waals surface area contributed by atoms with E-state index in [1.165, 1.54) is 11.1 Å². The molecule has 1 aliphatic rings. The zero-order valence-electron chi connectivity index (χ0n) is 9.20. The SMILES string of the molecule is O=C(CCl)NC(=O)NCC1Cc2ccccc21. The van der Waals surface area contributed by atoms with Crippen LogP contribution in [-0.2, 0) is 11.2 Å². The molecule has 0 fully saturated rings. The van der Waals surface area contributed by atoms with Gasteiger partial charge in [-0.15, -0.1) is 11.6 Å². The van der Waals surface area contributed by atoms with Gasteiger partial charge in [-0.3, -0.25) is 10.1 Å². The molecule has 1 atom stereocenters. The molecule has 4 nitrogen and oxygen atoms in total. The van der Waals surface area contributed by atoms with E-state index in [0.29, 0.717) is 12.5 Å². The van der Waals surface area contributed by atoms with Crippen molar-refractivity contribution in [3.05, 3.63) is 35.4 Å². The Morgan fingerprint density at radius 1 is 1.35 bits per heavy atom. The lowest BCUT2D eigenvalue weighted by Gasteiger charge is -2.30. The minimum Gasteiger partial charge on any atom is -0.337 e. The summed E-state index contributed by atoms with van der Waals surface area (Å²) in [6.45, 7) is 0.540.